The number of rotatable bonds is 4. The summed E-state index contributed by atoms with van der Waals surface area (Å²) in [7, 11) is 0. The van der Waals surface area contributed by atoms with Crippen molar-refractivity contribution in [1.82, 2.24) is 0 Å². The van der Waals surface area contributed by atoms with Crippen molar-refractivity contribution in [2.45, 2.75) is 31.2 Å². The number of anilines is 1. The first-order chi connectivity index (χ1) is 8.89. The van der Waals surface area contributed by atoms with Crippen molar-refractivity contribution in [2.24, 2.45) is 5.73 Å². The molecule has 0 heterocycles. The van der Waals surface area contributed by atoms with Crippen LogP contribution in [0.3, 0.4) is 0 Å². The van der Waals surface area contributed by atoms with Gasteiger partial charge in [0.2, 0.25) is 5.91 Å². The first kappa shape index (κ1) is 13.8. The number of nitro benzene ring substituents is 1. The minimum Gasteiger partial charge on any atom is -0.326 e. The number of nitrogens with two attached hydrogens (primary N) is 1. The summed E-state index contributed by atoms with van der Waals surface area (Å²) in [4.78, 5) is 21.8. The molecule has 0 bridgehead atoms. The van der Waals surface area contributed by atoms with E-state index in [0.717, 1.165) is 19.3 Å². The molecule has 0 spiro atoms. The summed E-state index contributed by atoms with van der Waals surface area (Å²) in [5.74, 6) is -0.202. The molecule has 1 aromatic rings. The SMILES string of the molecule is NC1(CC(=O)Nc2ccc([N+](=O)[O-])c(Cl)c2)CCC1. The Morgan fingerprint density at radius 1 is 1.53 bits per heavy atom. The molecule has 102 valence electrons. The van der Waals surface area contributed by atoms with Gasteiger partial charge in [0.25, 0.3) is 5.69 Å². The molecule has 1 aliphatic rings. The second-order valence-corrected chi connectivity index (χ2v) is 5.27. The summed E-state index contributed by atoms with van der Waals surface area (Å²) in [6.45, 7) is 0. The Balaban J connectivity index is 2.01. The maximum absolute atomic E-state index is 11.8. The van der Waals surface area contributed by atoms with E-state index in [2.05, 4.69) is 5.32 Å². The number of amides is 1. The second kappa shape index (κ2) is 5.14. The number of hydrogen-bond donors (Lipinski definition) is 2. The predicted octanol–water partition coefficient (Wildman–Crippen LogP) is 2.46. The number of nitro groups is 1. The van der Waals surface area contributed by atoms with Crippen LogP contribution in [0.15, 0.2) is 18.2 Å². The van der Waals surface area contributed by atoms with Crippen LogP contribution in [0.1, 0.15) is 25.7 Å². The molecule has 1 amide bonds. The van der Waals surface area contributed by atoms with Gasteiger partial charge in [-0.05, 0) is 31.4 Å². The topological polar surface area (TPSA) is 98.3 Å². The third-order valence-corrected chi connectivity index (χ3v) is 3.59. The number of carbonyl (C=O) groups is 1. The van der Waals surface area contributed by atoms with Crippen molar-refractivity contribution in [3.63, 3.8) is 0 Å². The molecule has 6 nitrogen and oxygen atoms in total. The summed E-state index contributed by atoms with van der Waals surface area (Å²) in [5.41, 5.74) is 5.83. The zero-order valence-electron chi connectivity index (χ0n) is 10.2. The lowest BCUT2D eigenvalue weighted by molar-refractivity contribution is -0.384. The minimum atomic E-state index is -0.572. The van der Waals surface area contributed by atoms with Crippen LogP contribution in [0.25, 0.3) is 0 Å². The van der Waals surface area contributed by atoms with Crippen LogP contribution in [0.2, 0.25) is 5.02 Å². The minimum absolute atomic E-state index is 0.00564. The Morgan fingerprint density at radius 3 is 2.68 bits per heavy atom. The smallest absolute Gasteiger partial charge is 0.288 e. The Kier molecular flexibility index (Phi) is 3.73. The molecule has 0 radical (unpaired) electrons. The van der Waals surface area contributed by atoms with Gasteiger partial charge in [-0.25, -0.2) is 0 Å². The summed E-state index contributed by atoms with van der Waals surface area (Å²) in [5, 5.41) is 13.2. The number of hydrogen-bond acceptors (Lipinski definition) is 4. The number of carbonyl (C=O) groups excluding carboxylic acids is 1. The van der Waals surface area contributed by atoms with Crippen LogP contribution in [0, 0.1) is 10.1 Å². The monoisotopic (exact) mass is 283 g/mol. The Morgan fingerprint density at radius 2 is 2.21 bits per heavy atom. The van der Waals surface area contributed by atoms with Crippen molar-refractivity contribution >= 4 is 28.9 Å². The molecule has 1 saturated carbocycles. The van der Waals surface area contributed by atoms with Gasteiger partial charge in [-0.1, -0.05) is 11.6 Å². The van der Waals surface area contributed by atoms with Crippen LogP contribution in [0.4, 0.5) is 11.4 Å². The predicted molar refractivity (Wildman–Crippen MR) is 72.1 cm³/mol. The van der Waals surface area contributed by atoms with Crippen molar-refractivity contribution in [3.8, 4) is 0 Å². The summed E-state index contributed by atoms with van der Waals surface area (Å²) >= 11 is 5.76. The molecule has 0 aliphatic heterocycles. The lowest BCUT2D eigenvalue weighted by atomic mass is 9.75. The zero-order valence-corrected chi connectivity index (χ0v) is 10.9. The Hall–Kier alpha value is -1.66. The van der Waals surface area contributed by atoms with Gasteiger partial charge in [-0.2, -0.15) is 0 Å². The van der Waals surface area contributed by atoms with Crippen molar-refractivity contribution < 1.29 is 9.72 Å². The number of benzene rings is 1. The van der Waals surface area contributed by atoms with E-state index < -0.39 is 10.5 Å². The molecule has 19 heavy (non-hydrogen) atoms. The zero-order chi connectivity index (χ0) is 14.0. The van der Waals surface area contributed by atoms with Gasteiger partial charge in [0.1, 0.15) is 5.02 Å². The van der Waals surface area contributed by atoms with Crippen molar-refractivity contribution in [2.75, 3.05) is 5.32 Å². The first-order valence-electron chi connectivity index (χ1n) is 5.92. The van der Waals surface area contributed by atoms with Crippen LogP contribution in [-0.4, -0.2) is 16.4 Å². The molecular formula is C12H14ClN3O3. The van der Waals surface area contributed by atoms with Gasteiger partial charge in [-0.15, -0.1) is 0 Å². The molecule has 2 rings (SSSR count). The highest BCUT2D eigenvalue weighted by Crippen LogP contribution is 2.33. The van der Waals surface area contributed by atoms with E-state index in [1.165, 1.54) is 18.2 Å². The normalized spacial score (nSPS) is 16.5. The highest BCUT2D eigenvalue weighted by atomic mass is 35.5. The summed E-state index contributed by atoms with van der Waals surface area (Å²) < 4.78 is 0. The lowest BCUT2D eigenvalue weighted by Gasteiger charge is -2.37. The van der Waals surface area contributed by atoms with Crippen LogP contribution >= 0.6 is 11.6 Å². The molecule has 0 aromatic heterocycles. The average molecular weight is 284 g/mol. The van der Waals surface area contributed by atoms with E-state index in [-0.39, 0.29) is 23.0 Å². The van der Waals surface area contributed by atoms with Gasteiger partial charge < -0.3 is 11.1 Å². The third-order valence-electron chi connectivity index (χ3n) is 3.29. The van der Waals surface area contributed by atoms with Crippen LogP contribution < -0.4 is 11.1 Å². The maximum Gasteiger partial charge on any atom is 0.288 e. The highest BCUT2D eigenvalue weighted by Gasteiger charge is 2.34. The van der Waals surface area contributed by atoms with E-state index in [9.17, 15) is 14.9 Å². The molecule has 0 unspecified atom stereocenters. The van der Waals surface area contributed by atoms with Gasteiger partial charge in [0.15, 0.2) is 0 Å². The maximum atomic E-state index is 11.8. The van der Waals surface area contributed by atoms with Crippen molar-refractivity contribution in [3.05, 3.63) is 33.3 Å². The second-order valence-electron chi connectivity index (χ2n) is 4.86. The molecule has 0 atom stereocenters. The fourth-order valence-electron chi connectivity index (χ4n) is 2.07. The van der Waals surface area contributed by atoms with Crippen LogP contribution in [0.5, 0.6) is 0 Å². The Labute approximate surface area is 115 Å². The third kappa shape index (κ3) is 3.21. The molecule has 7 heteroatoms. The van der Waals surface area contributed by atoms with Crippen molar-refractivity contribution in [1.29, 1.82) is 0 Å². The highest BCUT2D eigenvalue weighted by molar-refractivity contribution is 6.33. The van der Waals surface area contributed by atoms with E-state index >= 15 is 0 Å². The fourth-order valence-corrected chi connectivity index (χ4v) is 2.31. The summed E-state index contributed by atoms with van der Waals surface area (Å²) in [6.07, 6.45) is 3.00. The summed E-state index contributed by atoms with van der Waals surface area (Å²) in [6, 6.07) is 4.08. The number of nitrogens with zero attached hydrogens (tertiary/aromatic N) is 1. The largest absolute Gasteiger partial charge is 0.326 e. The van der Waals surface area contributed by atoms with Gasteiger partial charge in [0, 0.05) is 23.7 Å². The molecule has 3 N–H and O–H groups in total. The molecule has 1 aromatic carbocycles. The Bertz CT molecular complexity index is 529. The fraction of sp³-hybridized carbons (Fsp3) is 0.417. The molecular weight excluding hydrogens is 270 g/mol. The van der Waals surface area contributed by atoms with Gasteiger partial charge in [0.05, 0.1) is 4.92 Å². The molecule has 1 fully saturated rings. The molecule has 0 saturated heterocycles. The average Bonchev–Trinajstić information content (AvgIpc) is 2.26. The van der Waals surface area contributed by atoms with E-state index in [0.29, 0.717) is 5.69 Å². The van der Waals surface area contributed by atoms with E-state index in [1.807, 2.05) is 0 Å². The number of halogens is 1. The van der Waals surface area contributed by atoms with Gasteiger partial charge >= 0.3 is 0 Å². The van der Waals surface area contributed by atoms with E-state index in [4.69, 9.17) is 17.3 Å². The molecule has 1 aliphatic carbocycles. The van der Waals surface area contributed by atoms with E-state index in [1.54, 1.807) is 0 Å². The quantitative estimate of drug-likeness (QED) is 0.655. The first-order valence-corrected chi connectivity index (χ1v) is 6.30. The van der Waals surface area contributed by atoms with Crippen LogP contribution in [-0.2, 0) is 4.79 Å². The number of nitrogens with one attached hydrogen (secondary N) is 1. The van der Waals surface area contributed by atoms with Gasteiger partial charge in [-0.3, -0.25) is 14.9 Å². The standard InChI is InChI=1S/C12H14ClN3O3/c13-9-6-8(2-3-10(9)16(18)19)15-11(17)7-12(14)4-1-5-12/h2-3,6H,1,4-5,7,14H2,(H,15,17). The lowest BCUT2D eigenvalue weighted by Crippen LogP contribution is -2.48.